The molecule has 0 amide bonds. The van der Waals surface area contributed by atoms with Crippen LogP contribution in [0.3, 0.4) is 0 Å². The standard InChI is InChI=1S/C50H37N/c1-49(2)43-29-14-13-28-42(43)47-46(32-34-18-9-10-25-39(34)48(47)49)51(37-22-7-4-8-23-37)38-24-17-21-36(33-38)50(35-19-5-3-6-20-35)44-30-15-11-26-40(44)41-27-12-16-31-45(41)50/h3-33H,1-2H3. The fourth-order valence-electron chi connectivity index (χ4n) is 9.41. The van der Waals surface area contributed by atoms with Crippen molar-refractivity contribution in [1.82, 2.24) is 0 Å². The van der Waals surface area contributed by atoms with Gasteiger partial charge in [-0.3, -0.25) is 0 Å². The molecule has 0 N–H and O–H groups in total. The minimum absolute atomic E-state index is 0.152. The van der Waals surface area contributed by atoms with Crippen molar-refractivity contribution in [3.63, 3.8) is 0 Å². The zero-order valence-electron chi connectivity index (χ0n) is 28.8. The molecule has 0 unspecified atom stereocenters. The van der Waals surface area contributed by atoms with Crippen LogP contribution < -0.4 is 4.90 Å². The molecule has 0 saturated carbocycles. The van der Waals surface area contributed by atoms with E-state index in [2.05, 4.69) is 207 Å². The van der Waals surface area contributed by atoms with E-state index in [-0.39, 0.29) is 5.41 Å². The molecule has 0 atom stereocenters. The number of rotatable bonds is 5. The maximum Gasteiger partial charge on any atom is 0.0714 e. The third kappa shape index (κ3) is 4.15. The molecule has 2 aliphatic rings. The summed E-state index contributed by atoms with van der Waals surface area (Å²) in [5.74, 6) is 0. The Balaban J connectivity index is 1.29. The number of hydrogen-bond acceptors (Lipinski definition) is 1. The van der Waals surface area contributed by atoms with Crippen molar-refractivity contribution in [2.45, 2.75) is 24.7 Å². The van der Waals surface area contributed by atoms with Crippen LogP contribution in [0.15, 0.2) is 188 Å². The first kappa shape index (κ1) is 29.7. The van der Waals surface area contributed by atoms with Crippen molar-refractivity contribution in [3.05, 3.63) is 221 Å². The van der Waals surface area contributed by atoms with E-state index in [1.165, 1.54) is 72.1 Å². The molecule has 0 aliphatic heterocycles. The number of anilines is 3. The molecular weight excluding hydrogens is 615 g/mol. The predicted octanol–water partition coefficient (Wildman–Crippen LogP) is 13.0. The van der Waals surface area contributed by atoms with Gasteiger partial charge >= 0.3 is 0 Å². The average Bonchev–Trinajstić information content (AvgIpc) is 3.63. The number of nitrogens with zero attached hydrogens (tertiary/aromatic N) is 1. The summed E-state index contributed by atoms with van der Waals surface area (Å²) < 4.78 is 0. The van der Waals surface area contributed by atoms with Gasteiger partial charge in [-0.25, -0.2) is 0 Å². The first-order valence-corrected chi connectivity index (χ1v) is 18.0. The van der Waals surface area contributed by atoms with Gasteiger partial charge in [0.1, 0.15) is 0 Å². The summed E-state index contributed by atoms with van der Waals surface area (Å²) in [6.07, 6.45) is 0. The Labute approximate surface area is 300 Å². The number of para-hydroxylation sites is 1. The van der Waals surface area contributed by atoms with E-state index in [0.717, 1.165) is 11.4 Å². The van der Waals surface area contributed by atoms with E-state index in [1.54, 1.807) is 0 Å². The molecule has 0 saturated heterocycles. The first-order chi connectivity index (χ1) is 25.1. The highest BCUT2D eigenvalue weighted by Crippen LogP contribution is 2.59. The molecule has 8 aromatic carbocycles. The van der Waals surface area contributed by atoms with Gasteiger partial charge in [0.05, 0.1) is 11.1 Å². The van der Waals surface area contributed by atoms with Gasteiger partial charge in [0.25, 0.3) is 0 Å². The van der Waals surface area contributed by atoms with Crippen LogP contribution >= 0.6 is 0 Å². The topological polar surface area (TPSA) is 3.24 Å². The highest BCUT2D eigenvalue weighted by molar-refractivity contribution is 6.06. The smallest absolute Gasteiger partial charge is 0.0714 e. The summed E-state index contributed by atoms with van der Waals surface area (Å²) in [5, 5.41) is 2.57. The monoisotopic (exact) mass is 651 g/mol. The van der Waals surface area contributed by atoms with E-state index in [0.29, 0.717) is 0 Å². The lowest BCUT2D eigenvalue weighted by atomic mass is 9.67. The highest BCUT2D eigenvalue weighted by atomic mass is 15.1. The zero-order valence-corrected chi connectivity index (χ0v) is 28.8. The summed E-state index contributed by atoms with van der Waals surface area (Å²) in [4.78, 5) is 2.50. The van der Waals surface area contributed by atoms with Crippen LogP contribution in [-0.4, -0.2) is 0 Å². The molecule has 1 nitrogen and oxygen atoms in total. The fourth-order valence-corrected chi connectivity index (χ4v) is 9.41. The van der Waals surface area contributed by atoms with Gasteiger partial charge in [0, 0.05) is 22.4 Å². The van der Waals surface area contributed by atoms with Crippen LogP contribution in [0.4, 0.5) is 17.1 Å². The van der Waals surface area contributed by atoms with Crippen molar-refractivity contribution in [1.29, 1.82) is 0 Å². The average molecular weight is 652 g/mol. The van der Waals surface area contributed by atoms with E-state index in [4.69, 9.17) is 0 Å². The maximum atomic E-state index is 2.50. The summed E-state index contributed by atoms with van der Waals surface area (Å²) >= 11 is 0. The van der Waals surface area contributed by atoms with Crippen molar-refractivity contribution in [2.75, 3.05) is 4.90 Å². The minimum atomic E-state index is -0.479. The minimum Gasteiger partial charge on any atom is -0.310 e. The van der Waals surface area contributed by atoms with Gasteiger partial charge in [0.2, 0.25) is 0 Å². The largest absolute Gasteiger partial charge is 0.310 e. The van der Waals surface area contributed by atoms with E-state index in [9.17, 15) is 0 Å². The molecule has 51 heavy (non-hydrogen) atoms. The molecule has 0 fully saturated rings. The van der Waals surface area contributed by atoms with Crippen LogP contribution in [0.1, 0.15) is 47.2 Å². The predicted molar refractivity (Wildman–Crippen MR) is 213 cm³/mol. The molecule has 1 heteroatoms. The molecule has 0 bridgehead atoms. The number of hydrogen-bond donors (Lipinski definition) is 0. The zero-order chi connectivity index (χ0) is 34.2. The lowest BCUT2D eigenvalue weighted by Crippen LogP contribution is -2.28. The molecule has 8 aromatic rings. The second-order valence-electron chi connectivity index (χ2n) is 14.5. The van der Waals surface area contributed by atoms with Gasteiger partial charge in [-0.1, -0.05) is 172 Å². The third-order valence-electron chi connectivity index (χ3n) is 11.5. The van der Waals surface area contributed by atoms with Crippen molar-refractivity contribution in [2.24, 2.45) is 0 Å². The SMILES string of the molecule is CC1(C)c2ccccc2-c2c(N(c3ccccc3)c3cccc(C4(c5ccccc5)c5ccccc5-c5ccccc54)c3)cc3ccccc3c21. The Bertz CT molecular complexity index is 2570. The maximum absolute atomic E-state index is 2.50. The van der Waals surface area contributed by atoms with Crippen LogP contribution in [0.25, 0.3) is 33.0 Å². The van der Waals surface area contributed by atoms with Gasteiger partial charge < -0.3 is 4.90 Å². The molecule has 0 heterocycles. The Morgan fingerprint density at radius 2 is 0.941 bits per heavy atom. The van der Waals surface area contributed by atoms with Gasteiger partial charge in [-0.15, -0.1) is 0 Å². The Morgan fingerprint density at radius 3 is 1.65 bits per heavy atom. The molecule has 10 rings (SSSR count). The molecule has 0 radical (unpaired) electrons. The molecule has 0 aromatic heterocycles. The summed E-state index contributed by atoms with van der Waals surface area (Å²) in [7, 11) is 0. The second kappa shape index (κ2) is 11.2. The van der Waals surface area contributed by atoms with E-state index >= 15 is 0 Å². The number of benzene rings is 8. The van der Waals surface area contributed by atoms with Crippen LogP contribution in [0, 0.1) is 0 Å². The Morgan fingerprint density at radius 1 is 0.412 bits per heavy atom. The molecule has 0 spiro atoms. The van der Waals surface area contributed by atoms with E-state index < -0.39 is 5.41 Å². The van der Waals surface area contributed by atoms with Gasteiger partial charge in [0.15, 0.2) is 0 Å². The fraction of sp³-hybridized carbons (Fsp3) is 0.0800. The number of fused-ring (bicyclic) bond motifs is 8. The van der Waals surface area contributed by atoms with Crippen LogP contribution in [0.2, 0.25) is 0 Å². The van der Waals surface area contributed by atoms with Crippen molar-refractivity contribution < 1.29 is 0 Å². The van der Waals surface area contributed by atoms with Crippen LogP contribution in [0.5, 0.6) is 0 Å². The summed E-state index contributed by atoms with van der Waals surface area (Å²) in [5.41, 5.74) is 16.0. The van der Waals surface area contributed by atoms with Crippen LogP contribution in [-0.2, 0) is 10.8 Å². The highest BCUT2D eigenvalue weighted by Gasteiger charge is 2.46. The van der Waals surface area contributed by atoms with Crippen molar-refractivity contribution >= 4 is 27.8 Å². The Kier molecular flexibility index (Phi) is 6.51. The normalized spacial score (nSPS) is 14.4. The first-order valence-electron chi connectivity index (χ1n) is 18.0. The van der Waals surface area contributed by atoms with Gasteiger partial charge in [-0.2, -0.15) is 0 Å². The molecule has 242 valence electrons. The lowest BCUT2D eigenvalue weighted by Gasteiger charge is -2.35. The quantitative estimate of drug-likeness (QED) is 0.179. The van der Waals surface area contributed by atoms with E-state index in [1.807, 2.05) is 0 Å². The van der Waals surface area contributed by atoms with Crippen molar-refractivity contribution in [3.8, 4) is 22.3 Å². The lowest BCUT2D eigenvalue weighted by molar-refractivity contribution is 0.666. The summed E-state index contributed by atoms with van der Waals surface area (Å²) in [6.45, 7) is 4.78. The second-order valence-corrected chi connectivity index (χ2v) is 14.5. The van der Waals surface area contributed by atoms with Gasteiger partial charge in [-0.05, 0) is 91.2 Å². The molecule has 2 aliphatic carbocycles. The summed E-state index contributed by atoms with van der Waals surface area (Å²) in [6, 6.07) is 69.6. The Hall–Kier alpha value is -6.18. The molecular formula is C50H37N. The third-order valence-corrected chi connectivity index (χ3v) is 11.5.